The van der Waals surface area contributed by atoms with Crippen LogP contribution in [0.1, 0.15) is 13.3 Å². The summed E-state index contributed by atoms with van der Waals surface area (Å²) in [4.78, 5) is 11.1. The van der Waals surface area contributed by atoms with Crippen LogP contribution >= 0.6 is 0 Å². The molecule has 1 aromatic rings. The van der Waals surface area contributed by atoms with Crippen LogP contribution in [-0.4, -0.2) is 38.5 Å². The second-order valence-corrected chi connectivity index (χ2v) is 7.74. The number of hydrogen-bond donors (Lipinski definition) is 3. The minimum atomic E-state index is -4.60. The molecule has 0 heterocycles. The van der Waals surface area contributed by atoms with Crippen LogP contribution in [0.25, 0.3) is 0 Å². The Kier molecular flexibility index (Phi) is 6.27. The van der Waals surface area contributed by atoms with Crippen molar-refractivity contribution in [1.82, 2.24) is 0 Å². The molecule has 4 N–H and O–H groups in total. The van der Waals surface area contributed by atoms with Crippen LogP contribution in [0.2, 0.25) is 0 Å². The number of hydrogen-bond acceptors (Lipinski definition) is 6. The molecule has 0 fully saturated rings. The summed E-state index contributed by atoms with van der Waals surface area (Å²) in [5.41, 5.74) is 5.60. The molecule has 0 saturated heterocycles. The average Bonchev–Trinajstić information content (AvgIpc) is 2.39. The standard InChI is InChI=1S/C11H17AsN2O5/c1-9(15)14-11-6-3-2-5-10(11)12(16,19-17)18-8-4-7-13/h2-3,5-6,17H,4,7-8,13H2,1H3,(H,14,15). The number of nitrogens with one attached hydrogen (secondary N) is 1. The van der Waals surface area contributed by atoms with Gasteiger partial charge in [0.1, 0.15) is 0 Å². The molecule has 106 valence electrons. The molecule has 0 bridgehead atoms. The van der Waals surface area contributed by atoms with Gasteiger partial charge in [-0.1, -0.05) is 0 Å². The van der Waals surface area contributed by atoms with Crippen LogP contribution in [0.4, 0.5) is 5.69 Å². The van der Waals surface area contributed by atoms with Gasteiger partial charge in [-0.15, -0.1) is 0 Å². The Bertz CT molecular complexity index is 480. The molecule has 8 heteroatoms. The molecule has 0 aromatic heterocycles. The zero-order valence-corrected chi connectivity index (χ0v) is 12.4. The Morgan fingerprint density at radius 3 is 2.74 bits per heavy atom. The molecule has 7 nitrogen and oxygen atoms in total. The van der Waals surface area contributed by atoms with Gasteiger partial charge in [-0.05, 0) is 0 Å². The maximum atomic E-state index is 12.4. The predicted molar refractivity (Wildman–Crippen MR) is 70.2 cm³/mol. The van der Waals surface area contributed by atoms with E-state index in [1.807, 2.05) is 0 Å². The number of benzene rings is 1. The van der Waals surface area contributed by atoms with E-state index < -0.39 is 14.2 Å². The normalized spacial score (nSPS) is 13.8. The predicted octanol–water partition coefficient (Wildman–Crippen LogP) is 0.0764. The summed E-state index contributed by atoms with van der Waals surface area (Å²) in [6.45, 7) is 1.79. The third-order valence-electron chi connectivity index (χ3n) is 2.23. The van der Waals surface area contributed by atoms with Crippen LogP contribution in [0.5, 0.6) is 0 Å². The first-order valence-electron chi connectivity index (χ1n) is 5.68. The number of anilines is 1. The van der Waals surface area contributed by atoms with Gasteiger partial charge in [-0.3, -0.25) is 0 Å². The Hall–Kier alpha value is -1.11. The van der Waals surface area contributed by atoms with Gasteiger partial charge in [0.05, 0.1) is 0 Å². The summed E-state index contributed by atoms with van der Waals surface area (Å²) < 4.78 is 21.8. The molecule has 0 spiro atoms. The van der Waals surface area contributed by atoms with Crippen molar-refractivity contribution in [3.63, 3.8) is 0 Å². The third kappa shape index (κ3) is 4.49. The van der Waals surface area contributed by atoms with Crippen molar-refractivity contribution in [1.29, 1.82) is 0 Å². The van der Waals surface area contributed by atoms with Crippen LogP contribution in [-0.2, 0) is 16.1 Å². The summed E-state index contributed by atoms with van der Waals surface area (Å²) in [6.07, 6.45) is 0.483. The zero-order valence-electron chi connectivity index (χ0n) is 10.5. The van der Waals surface area contributed by atoms with E-state index in [-0.39, 0.29) is 16.9 Å². The van der Waals surface area contributed by atoms with Gasteiger partial charge in [0.25, 0.3) is 0 Å². The summed E-state index contributed by atoms with van der Waals surface area (Å²) >= 11 is -4.60. The first-order valence-corrected chi connectivity index (χ1v) is 8.92. The SMILES string of the molecule is CC(=O)Nc1ccccc1[As](=O)(OO)OCCCN. The molecular weight excluding hydrogens is 315 g/mol. The fraction of sp³-hybridized carbons (Fsp3) is 0.364. The van der Waals surface area contributed by atoms with E-state index in [0.717, 1.165) is 0 Å². The molecule has 0 aliphatic heterocycles. The summed E-state index contributed by atoms with van der Waals surface area (Å²) in [6, 6.07) is 6.30. The van der Waals surface area contributed by atoms with Gasteiger partial charge in [0, 0.05) is 0 Å². The quantitative estimate of drug-likeness (QED) is 0.282. The molecule has 1 aromatic carbocycles. The molecule has 19 heavy (non-hydrogen) atoms. The van der Waals surface area contributed by atoms with Crippen LogP contribution < -0.4 is 15.4 Å². The van der Waals surface area contributed by atoms with E-state index in [9.17, 15) is 8.53 Å². The van der Waals surface area contributed by atoms with Crippen molar-refractivity contribution in [3.8, 4) is 0 Å². The molecule has 1 unspecified atom stereocenters. The third-order valence-corrected chi connectivity index (χ3v) is 5.83. The fourth-order valence-electron chi connectivity index (χ4n) is 1.41. The van der Waals surface area contributed by atoms with Gasteiger partial charge < -0.3 is 0 Å². The number of nitrogens with two attached hydrogens (primary N) is 1. The Morgan fingerprint density at radius 2 is 2.16 bits per heavy atom. The molecule has 1 rings (SSSR count). The van der Waals surface area contributed by atoms with E-state index in [1.165, 1.54) is 13.0 Å². The van der Waals surface area contributed by atoms with Crippen molar-refractivity contribution in [2.75, 3.05) is 18.5 Å². The molecule has 1 amide bonds. The number of amides is 1. The zero-order chi connectivity index (χ0) is 14.3. The van der Waals surface area contributed by atoms with Gasteiger partial charge in [-0.2, -0.15) is 0 Å². The maximum absolute atomic E-state index is 12.4. The number of carbonyl (C=O) groups is 1. The summed E-state index contributed by atoms with van der Waals surface area (Å²) in [5, 5.41) is 11.4. The van der Waals surface area contributed by atoms with E-state index in [4.69, 9.17) is 14.7 Å². The van der Waals surface area contributed by atoms with Gasteiger partial charge in [0.2, 0.25) is 0 Å². The van der Waals surface area contributed by atoms with Crippen molar-refractivity contribution >= 4 is 30.1 Å². The number of para-hydroxylation sites is 1. The second-order valence-electron chi connectivity index (χ2n) is 3.75. The van der Waals surface area contributed by atoms with E-state index >= 15 is 0 Å². The molecular formula is C11H17AsN2O5. The number of carbonyl (C=O) groups excluding carboxylic acids is 1. The molecule has 0 aliphatic carbocycles. The summed E-state index contributed by atoms with van der Waals surface area (Å²) in [7, 11) is 0. The van der Waals surface area contributed by atoms with Crippen LogP contribution in [0.3, 0.4) is 0 Å². The van der Waals surface area contributed by atoms with Gasteiger partial charge in [0.15, 0.2) is 0 Å². The van der Waals surface area contributed by atoms with E-state index in [0.29, 0.717) is 18.7 Å². The average molecular weight is 332 g/mol. The fourth-order valence-corrected chi connectivity index (χ4v) is 4.22. The Morgan fingerprint density at radius 1 is 1.47 bits per heavy atom. The Labute approximate surface area is 114 Å². The molecule has 0 saturated carbocycles. The Balaban J connectivity index is 3.03. The topological polar surface area (TPSA) is 111 Å². The molecule has 1 atom stereocenters. The molecule has 0 aliphatic rings. The van der Waals surface area contributed by atoms with Gasteiger partial charge in [-0.25, -0.2) is 0 Å². The summed E-state index contributed by atoms with van der Waals surface area (Å²) in [5.74, 6) is -0.325. The van der Waals surface area contributed by atoms with Crippen molar-refractivity contribution < 1.29 is 21.4 Å². The monoisotopic (exact) mass is 332 g/mol. The van der Waals surface area contributed by atoms with Gasteiger partial charge >= 0.3 is 113 Å². The first-order chi connectivity index (χ1) is 9.03. The van der Waals surface area contributed by atoms with E-state index in [1.54, 1.807) is 18.2 Å². The van der Waals surface area contributed by atoms with Crippen molar-refractivity contribution in [2.45, 2.75) is 13.3 Å². The van der Waals surface area contributed by atoms with Crippen LogP contribution in [0.15, 0.2) is 24.3 Å². The number of rotatable bonds is 7. The van der Waals surface area contributed by atoms with Crippen LogP contribution in [0, 0.1) is 0 Å². The first kappa shape index (κ1) is 15.9. The van der Waals surface area contributed by atoms with E-state index in [2.05, 4.69) is 9.19 Å². The van der Waals surface area contributed by atoms with Crippen molar-refractivity contribution in [3.05, 3.63) is 24.3 Å². The molecule has 0 radical (unpaired) electrons. The second kappa shape index (κ2) is 7.47. The minimum absolute atomic E-state index is 0.0992. The van der Waals surface area contributed by atoms with Crippen molar-refractivity contribution in [2.24, 2.45) is 5.73 Å².